The van der Waals surface area contributed by atoms with Crippen LogP contribution in [0.1, 0.15) is 13.8 Å². The van der Waals surface area contributed by atoms with Crippen molar-refractivity contribution < 1.29 is 14.0 Å². The number of nitrogens with zero attached hydrogens (tertiary/aromatic N) is 1. The van der Waals surface area contributed by atoms with Gasteiger partial charge in [0.15, 0.2) is 6.17 Å². The fourth-order valence-electron chi connectivity index (χ4n) is 1.65. The molecule has 1 amide bonds. The van der Waals surface area contributed by atoms with E-state index in [1.54, 1.807) is 6.92 Å². The lowest BCUT2D eigenvalue weighted by Gasteiger charge is -2.43. The summed E-state index contributed by atoms with van der Waals surface area (Å²) in [4.78, 5) is 11.5. The topological polar surface area (TPSA) is 38.3 Å². The molecule has 1 aliphatic heterocycles. The Morgan fingerprint density at radius 2 is 2.33 bits per heavy atom. The first kappa shape index (κ1) is 12.2. The lowest BCUT2D eigenvalue weighted by molar-refractivity contribution is -0.941. The molecule has 0 aromatic carbocycles. The monoisotopic (exact) mass is 213 g/mol. The number of rotatable bonds is 3. The zero-order valence-electron chi connectivity index (χ0n) is 9.88. The van der Waals surface area contributed by atoms with Crippen LogP contribution in [0.3, 0.4) is 0 Å². The molecule has 0 saturated carbocycles. The lowest BCUT2D eigenvalue weighted by atomic mass is 10.2. The fourth-order valence-corrected chi connectivity index (χ4v) is 1.65. The Bertz CT molecular complexity index is 265. The van der Waals surface area contributed by atoms with Crippen molar-refractivity contribution in [3.05, 3.63) is 12.2 Å². The molecule has 1 N–H and O–H groups in total. The maximum Gasteiger partial charge on any atom is 0.250 e. The Kier molecular flexibility index (Phi) is 3.88. The number of carbonyl (C=O) groups excluding carboxylic acids is 1. The quantitative estimate of drug-likeness (QED) is 0.548. The third kappa shape index (κ3) is 2.79. The highest BCUT2D eigenvalue weighted by Crippen LogP contribution is 2.13. The maximum absolute atomic E-state index is 11.5. The number of ether oxygens (including phenoxy) is 1. The average molecular weight is 213 g/mol. The summed E-state index contributed by atoms with van der Waals surface area (Å²) in [6.45, 7) is 10.8. The molecule has 4 heteroatoms. The number of hydrogen-bond acceptors (Lipinski definition) is 2. The Hall–Kier alpha value is -0.870. The summed E-state index contributed by atoms with van der Waals surface area (Å²) in [6, 6.07) is 0. The van der Waals surface area contributed by atoms with Gasteiger partial charge in [-0.25, -0.2) is 0 Å². The normalized spacial score (nSPS) is 31.0. The first-order valence-electron chi connectivity index (χ1n) is 5.38. The summed E-state index contributed by atoms with van der Waals surface area (Å²) in [5.41, 5.74) is 0.545. The second kappa shape index (κ2) is 4.77. The zero-order valence-corrected chi connectivity index (χ0v) is 9.88. The lowest BCUT2D eigenvalue weighted by Crippen LogP contribution is -2.65. The van der Waals surface area contributed by atoms with E-state index in [4.69, 9.17) is 4.74 Å². The van der Waals surface area contributed by atoms with Crippen molar-refractivity contribution in [1.29, 1.82) is 0 Å². The van der Waals surface area contributed by atoms with E-state index in [0.717, 1.165) is 24.2 Å². The molecule has 0 spiro atoms. The molecule has 1 rings (SSSR count). The Morgan fingerprint density at radius 3 is 2.87 bits per heavy atom. The van der Waals surface area contributed by atoms with E-state index in [9.17, 15) is 4.79 Å². The van der Waals surface area contributed by atoms with E-state index < -0.39 is 0 Å². The highest BCUT2D eigenvalue weighted by atomic mass is 16.5. The zero-order chi connectivity index (χ0) is 11.5. The molecule has 0 bridgehead atoms. The van der Waals surface area contributed by atoms with Crippen molar-refractivity contribution in [2.75, 3.05) is 33.4 Å². The second-order valence-corrected chi connectivity index (χ2v) is 4.36. The molecule has 1 saturated heterocycles. The summed E-state index contributed by atoms with van der Waals surface area (Å²) in [6.07, 6.45) is 0.0490. The Balaban J connectivity index is 2.65. The number of likely N-dealkylation sites (N-methyl/N-ethyl adjacent to an activating group) is 1. The molecular formula is C11H21N2O2+. The number of nitrogens with one attached hydrogen (secondary N) is 1. The molecule has 2 atom stereocenters. The largest absolute Gasteiger partial charge is 0.367 e. The summed E-state index contributed by atoms with van der Waals surface area (Å²) in [7, 11) is 2.14. The van der Waals surface area contributed by atoms with Gasteiger partial charge in [-0.1, -0.05) is 6.58 Å². The van der Waals surface area contributed by atoms with E-state index in [1.165, 1.54) is 0 Å². The van der Waals surface area contributed by atoms with E-state index in [0.29, 0.717) is 12.2 Å². The van der Waals surface area contributed by atoms with E-state index in [2.05, 4.69) is 25.9 Å². The van der Waals surface area contributed by atoms with Crippen LogP contribution in [0, 0.1) is 0 Å². The van der Waals surface area contributed by atoms with Gasteiger partial charge in [0.25, 0.3) is 5.91 Å². The predicted molar refractivity (Wildman–Crippen MR) is 59.2 cm³/mol. The van der Waals surface area contributed by atoms with Gasteiger partial charge in [0.2, 0.25) is 0 Å². The van der Waals surface area contributed by atoms with Gasteiger partial charge in [-0.05, 0) is 13.8 Å². The van der Waals surface area contributed by atoms with Crippen LogP contribution in [0.5, 0.6) is 0 Å². The third-order valence-corrected chi connectivity index (χ3v) is 3.18. The molecule has 1 aliphatic rings. The third-order valence-electron chi connectivity index (χ3n) is 3.18. The molecule has 0 aromatic rings. The molecule has 1 fully saturated rings. The second-order valence-electron chi connectivity index (χ2n) is 4.36. The minimum atomic E-state index is -0.0803. The van der Waals surface area contributed by atoms with Crippen molar-refractivity contribution in [3.63, 3.8) is 0 Å². The van der Waals surface area contributed by atoms with Crippen LogP contribution >= 0.6 is 0 Å². The van der Waals surface area contributed by atoms with Crippen LogP contribution < -0.4 is 5.32 Å². The van der Waals surface area contributed by atoms with Gasteiger partial charge in [-0.15, -0.1) is 0 Å². The molecular weight excluding hydrogens is 192 g/mol. The van der Waals surface area contributed by atoms with Crippen molar-refractivity contribution in [2.24, 2.45) is 0 Å². The number of quaternary nitrogens is 1. The molecule has 0 aromatic heterocycles. The van der Waals surface area contributed by atoms with Gasteiger partial charge >= 0.3 is 0 Å². The van der Waals surface area contributed by atoms with Crippen molar-refractivity contribution in [1.82, 2.24) is 5.32 Å². The summed E-state index contributed by atoms with van der Waals surface area (Å²) < 4.78 is 6.23. The summed E-state index contributed by atoms with van der Waals surface area (Å²) in [5, 5.41) is 2.97. The molecule has 15 heavy (non-hydrogen) atoms. The van der Waals surface area contributed by atoms with E-state index in [-0.39, 0.29) is 12.1 Å². The SMILES string of the molecule is C=C(C)C(=O)NC1COCC[N+]1(C)CC. The molecule has 2 unspecified atom stereocenters. The van der Waals surface area contributed by atoms with Gasteiger partial charge in [0.05, 0.1) is 20.2 Å². The molecule has 0 aliphatic carbocycles. The first-order valence-corrected chi connectivity index (χ1v) is 5.38. The van der Waals surface area contributed by atoms with Crippen LogP contribution in [-0.2, 0) is 9.53 Å². The van der Waals surface area contributed by atoms with Crippen molar-refractivity contribution in [2.45, 2.75) is 20.0 Å². The van der Waals surface area contributed by atoms with Crippen LogP contribution in [0.15, 0.2) is 12.2 Å². The minimum Gasteiger partial charge on any atom is -0.367 e. The van der Waals surface area contributed by atoms with Gasteiger partial charge < -0.3 is 14.5 Å². The number of morpholine rings is 1. The van der Waals surface area contributed by atoms with Gasteiger partial charge in [-0.3, -0.25) is 4.79 Å². The standard InChI is InChI=1S/C11H20N2O2/c1-5-13(4)6-7-15-8-10(13)12-11(14)9(2)3/h10H,2,5-8H2,1,3-4H3/p+1. The van der Waals surface area contributed by atoms with E-state index >= 15 is 0 Å². The minimum absolute atomic E-state index is 0.0490. The molecule has 0 radical (unpaired) electrons. The van der Waals surface area contributed by atoms with Gasteiger partial charge in [0.1, 0.15) is 13.2 Å². The molecule has 1 heterocycles. The fraction of sp³-hybridized carbons (Fsp3) is 0.727. The van der Waals surface area contributed by atoms with Crippen molar-refractivity contribution >= 4 is 5.91 Å². The van der Waals surface area contributed by atoms with Gasteiger partial charge in [-0.2, -0.15) is 0 Å². The van der Waals surface area contributed by atoms with Gasteiger partial charge in [0, 0.05) is 5.57 Å². The van der Waals surface area contributed by atoms with Crippen LogP contribution in [0.25, 0.3) is 0 Å². The van der Waals surface area contributed by atoms with E-state index in [1.807, 2.05) is 0 Å². The predicted octanol–water partition coefficient (Wildman–Crippen LogP) is 0.501. The highest BCUT2D eigenvalue weighted by molar-refractivity contribution is 5.92. The van der Waals surface area contributed by atoms with Crippen LogP contribution in [0.4, 0.5) is 0 Å². The number of hydrogen-bond donors (Lipinski definition) is 1. The molecule has 4 nitrogen and oxygen atoms in total. The van der Waals surface area contributed by atoms with Crippen molar-refractivity contribution in [3.8, 4) is 0 Å². The van der Waals surface area contributed by atoms with Crippen LogP contribution in [0.2, 0.25) is 0 Å². The number of amides is 1. The average Bonchev–Trinajstić information content (AvgIpc) is 2.21. The smallest absolute Gasteiger partial charge is 0.250 e. The summed E-state index contributed by atoms with van der Waals surface area (Å²) >= 11 is 0. The maximum atomic E-state index is 11.5. The molecule has 86 valence electrons. The van der Waals surface area contributed by atoms with Crippen LogP contribution in [-0.4, -0.2) is 49.9 Å². The Labute approximate surface area is 91.5 Å². The first-order chi connectivity index (χ1) is 6.99. The summed E-state index contributed by atoms with van der Waals surface area (Å²) in [5.74, 6) is -0.0803. The highest BCUT2D eigenvalue weighted by Gasteiger charge is 2.35. The Morgan fingerprint density at radius 1 is 1.67 bits per heavy atom. The number of carbonyl (C=O) groups is 1.